The van der Waals surface area contributed by atoms with Crippen LogP contribution < -0.4 is 10.3 Å². The summed E-state index contributed by atoms with van der Waals surface area (Å²) >= 11 is 4.80. The number of hydrogen-bond donors (Lipinski definition) is 0. The van der Waals surface area contributed by atoms with E-state index >= 15 is 0 Å². The summed E-state index contributed by atoms with van der Waals surface area (Å²) in [4.78, 5) is 28.5. The van der Waals surface area contributed by atoms with Gasteiger partial charge in [0.1, 0.15) is 10.6 Å². The molecular weight excluding hydrogens is 466 g/mol. The number of anilines is 1. The SMILES string of the molecule is CCc1ccc2oc3c(c(=O)c2c1)C(c1cccc(Br)c1)N(c1nnc(C)s1)C3=O. The van der Waals surface area contributed by atoms with Crippen LogP contribution in [0.5, 0.6) is 0 Å². The fraction of sp³-hybridized carbons (Fsp3) is 0.182. The van der Waals surface area contributed by atoms with Crippen LogP contribution >= 0.6 is 27.3 Å². The number of hydrogen-bond acceptors (Lipinski definition) is 6. The van der Waals surface area contributed by atoms with Crippen LogP contribution in [0, 0.1) is 6.92 Å². The van der Waals surface area contributed by atoms with Crippen LogP contribution in [-0.2, 0) is 6.42 Å². The Hall–Kier alpha value is -2.84. The normalized spacial score (nSPS) is 15.8. The fourth-order valence-corrected chi connectivity index (χ4v) is 4.94. The van der Waals surface area contributed by atoms with Gasteiger partial charge in [0, 0.05) is 4.47 Å². The van der Waals surface area contributed by atoms with Gasteiger partial charge >= 0.3 is 0 Å². The number of rotatable bonds is 3. The van der Waals surface area contributed by atoms with Gasteiger partial charge in [-0.2, -0.15) is 0 Å². The highest BCUT2D eigenvalue weighted by molar-refractivity contribution is 9.10. The van der Waals surface area contributed by atoms with Gasteiger partial charge in [0.05, 0.1) is 17.0 Å². The number of aryl methyl sites for hydroxylation is 2. The quantitative estimate of drug-likeness (QED) is 0.410. The second kappa shape index (κ2) is 7.14. The Labute approximate surface area is 184 Å². The van der Waals surface area contributed by atoms with Crippen molar-refractivity contribution in [1.29, 1.82) is 0 Å². The number of benzene rings is 2. The maximum absolute atomic E-state index is 13.6. The van der Waals surface area contributed by atoms with Gasteiger partial charge < -0.3 is 4.42 Å². The van der Waals surface area contributed by atoms with Crippen LogP contribution in [0.3, 0.4) is 0 Å². The number of carbonyl (C=O) groups is 1. The lowest BCUT2D eigenvalue weighted by molar-refractivity contribution is 0.0970. The molecule has 1 aliphatic heterocycles. The van der Waals surface area contributed by atoms with Crippen LogP contribution in [0.15, 0.2) is 56.1 Å². The number of fused-ring (bicyclic) bond motifs is 2. The third-order valence-electron chi connectivity index (χ3n) is 5.23. The van der Waals surface area contributed by atoms with Gasteiger partial charge in [0.2, 0.25) is 10.9 Å². The second-order valence-electron chi connectivity index (χ2n) is 7.09. The summed E-state index contributed by atoms with van der Waals surface area (Å²) in [6.45, 7) is 3.86. The highest BCUT2D eigenvalue weighted by Gasteiger charge is 2.45. The van der Waals surface area contributed by atoms with Gasteiger partial charge in [-0.1, -0.05) is 52.4 Å². The Morgan fingerprint density at radius 1 is 1.17 bits per heavy atom. The number of carbonyl (C=O) groups excluding carboxylic acids is 1. The Kier molecular flexibility index (Phi) is 4.56. The molecule has 30 heavy (non-hydrogen) atoms. The Morgan fingerprint density at radius 3 is 2.70 bits per heavy atom. The topological polar surface area (TPSA) is 76.3 Å². The van der Waals surface area contributed by atoms with E-state index < -0.39 is 6.04 Å². The molecule has 0 aliphatic carbocycles. The van der Waals surface area contributed by atoms with Crippen LogP contribution in [0.2, 0.25) is 0 Å². The van der Waals surface area contributed by atoms with E-state index in [0.717, 1.165) is 27.0 Å². The van der Waals surface area contributed by atoms with Crippen molar-refractivity contribution in [3.8, 4) is 0 Å². The summed E-state index contributed by atoms with van der Waals surface area (Å²) in [5.74, 6) is -0.320. The molecular formula is C22H16BrN3O3S. The number of nitrogens with zero attached hydrogens (tertiary/aromatic N) is 3. The van der Waals surface area contributed by atoms with Crippen molar-refractivity contribution in [2.45, 2.75) is 26.3 Å². The van der Waals surface area contributed by atoms with Gasteiger partial charge in [0.25, 0.3) is 5.91 Å². The second-order valence-corrected chi connectivity index (χ2v) is 9.17. The van der Waals surface area contributed by atoms with E-state index in [9.17, 15) is 9.59 Å². The number of amides is 1. The van der Waals surface area contributed by atoms with Gasteiger partial charge in [0.15, 0.2) is 5.43 Å². The van der Waals surface area contributed by atoms with E-state index in [0.29, 0.717) is 21.7 Å². The standard InChI is InChI=1S/C22H16BrN3O3S/c1-3-12-7-8-16-15(9-12)19(27)17-18(13-5-4-6-14(23)10-13)26(21(28)20(17)29-16)22-25-24-11(2)30-22/h4-10,18H,3H2,1-2H3. The summed E-state index contributed by atoms with van der Waals surface area (Å²) in [6, 6.07) is 12.5. The molecule has 2 aromatic heterocycles. The summed E-state index contributed by atoms with van der Waals surface area (Å²) < 4.78 is 6.85. The predicted octanol–water partition coefficient (Wildman–Crippen LogP) is 5.03. The molecule has 0 saturated heterocycles. The van der Waals surface area contributed by atoms with Gasteiger partial charge in [-0.3, -0.25) is 14.5 Å². The molecule has 150 valence electrons. The first-order valence-electron chi connectivity index (χ1n) is 9.46. The van der Waals surface area contributed by atoms with Gasteiger partial charge in [-0.25, -0.2) is 0 Å². The summed E-state index contributed by atoms with van der Waals surface area (Å²) in [7, 11) is 0. The Bertz CT molecular complexity index is 1380. The highest BCUT2D eigenvalue weighted by Crippen LogP contribution is 2.42. The Balaban J connectivity index is 1.82. The summed E-state index contributed by atoms with van der Waals surface area (Å²) in [6.07, 6.45) is 0.802. The van der Waals surface area contributed by atoms with Gasteiger partial charge in [-0.15, -0.1) is 10.2 Å². The maximum Gasteiger partial charge on any atom is 0.297 e. The van der Waals surface area contributed by atoms with Crippen molar-refractivity contribution >= 4 is 49.3 Å². The minimum Gasteiger partial charge on any atom is -0.450 e. The summed E-state index contributed by atoms with van der Waals surface area (Å²) in [5, 5.41) is 9.89. The molecule has 0 spiro atoms. The molecule has 3 heterocycles. The lowest BCUT2D eigenvalue weighted by atomic mass is 9.98. The summed E-state index contributed by atoms with van der Waals surface area (Å²) in [5.41, 5.74) is 2.39. The van der Waals surface area contributed by atoms with Crippen molar-refractivity contribution in [1.82, 2.24) is 10.2 Å². The molecule has 2 aromatic carbocycles. The van der Waals surface area contributed by atoms with E-state index in [-0.39, 0.29) is 17.1 Å². The molecule has 1 unspecified atom stereocenters. The van der Waals surface area contributed by atoms with Crippen molar-refractivity contribution in [3.63, 3.8) is 0 Å². The molecule has 1 aliphatic rings. The first kappa shape index (κ1) is 19.1. The zero-order valence-electron chi connectivity index (χ0n) is 16.2. The molecule has 1 atom stereocenters. The lowest BCUT2D eigenvalue weighted by Crippen LogP contribution is -2.29. The molecule has 5 rings (SSSR count). The number of aromatic nitrogens is 2. The fourth-order valence-electron chi connectivity index (χ4n) is 3.81. The highest BCUT2D eigenvalue weighted by atomic mass is 79.9. The molecule has 8 heteroatoms. The predicted molar refractivity (Wildman–Crippen MR) is 119 cm³/mol. The average Bonchev–Trinajstić information content (AvgIpc) is 3.29. The van der Waals surface area contributed by atoms with E-state index in [2.05, 4.69) is 26.1 Å². The molecule has 6 nitrogen and oxygen atoms in total. The van der Waals surface area contributed by atoms with E-state index in [1.807, 2.05) is 50.2 Å². The minimum atomic E-state index is -0.636. The smallest absolute Gasteiger partial charge is 0.297 e. The molecule has 0 saturated carbocycles. The average molecular weight is 482 g/mol. The first-order valence-corrected chi connectivity index (χ1v) is 11.1. The molecule has 4 aromatic rings. The largest absolute Gasteiger partial charge is 0.450 e. The Morgan fingerprint density at radius 2 is 2.00 bits per heavy atom. The van der Waals surface area contributed by atoms with E-state index in [1.54, 1.807) is 6.07 Å². The van der Waals surface area contributed by atoms with Crippen LogP contribution in [0.1, 0.15) is 45.2 Å². The third-order valence-corrected chi connectivity index (χ3v) is 6.56. The molecule has 0 N–H and O–H groups in total. The molecule has 0 fully saturated rings. The van der Waals surface area contributed by atoms with Crippen molar-refractivity contribution < 1.29 is 9.21 Å². The maximum atomic E-state index is 13.6. The zero-order valence-corrected chi connectivity index (χ0v) is 18.6. The minimum absolute atomic E-state index is 0.0644. The zero-order chi connectivity index (χ0) is 21.0. The lowest BCUT2D eigenvalue weighted by Gasteiger charge is -2.22. The number of halogens is 1. The van der Waals surface area contributed by atoms with Crippen LogP contribution in [0.4, 0.5) is 5.13 Å². The monoisotopic (exact) mass is 481 g/mol. The third kappa shape index (κ3) is 2.90. The van der Waals surface area contributed by atoms with E-state index in [1.165, 1.54) is 16.2 Å². The van der Waals surface area contributed by atoms with Crippen molar-refractivity contribution in [2.75, 3.05) is 4.90 Å². The molecule has 1 amide bonds. The molecule has 0 bridgehead atoms. The van der Waals surface area contributed by atoms with Crippen LogP contribution in [0.25, 0.3) is 11.0 Å². The van der Waals surface area contributed by atoms with Crippen molar-refractivity contribution in [3.05, 3.63) is 84.6 Å². The van der Waals surface area contributed by atoms with Crippen LogP contribution in [-0.4, -0.2) is 16.1 Å². The van der Waals surface area contributed by atoms with Crippen molar-refractivity contribution in [2.24, 2.45) is 0 Å². The molecule has 0 radical (unpaired) electrons. The van der Waals surface area contributed by atoms with E-state index in [4.69, 9.17) is 4.42 Å². The van der Waals surface area contributed by atoms with Gasteiger partial charge in [-0.05, 0) is 48.7 Å². The first-order chi connectivity index (χ1) is 14.5.